The van der Waals surface area contributed by atoms with Gasteiger partial charge in [-0.05, 0) is 24.7 Å². The fourth-order valence-electron chi connectivity index (χ4n) is 2.50. The molecule has 0 aromatic rings. The van der Waals surface area contributed by atoms with Crippen LogP contribution in [0.25, 0.3) is 0 Å². The quantitative estimate of drug-likeness (QED) is 0.757. The first-order valence-electron chi connectivity index (χ1n) is 7.02. The van der Waals surface area contributed by atoms with Crippen LogP contribution < -0.4 is 5.32 Å². The molecular weight excluding hydrogens is 208 g/mol. The first-order valence-corrected chi connectivity index (χ1v) is 7.02. The summed E-state index contributed by atoms with van der Waals surface area (Å²) in [5.41, 5.74) is 0.698. The topological polar surface area (TPSA) is 15.3 Å². The van der Waals surface area contributed by atoms with Gasteiger partial charge in [-0.1, -0.05) is 41.5 Å². The number of hydrogen-bond acceptors (Lipinski definition) is 2. The van der Waals surface area contributed by atoms with Gasteiger partial charge >= 0.3 is 0 Å². The van der Waals surface area contributed by atoms with E-state index in [0.29, 0.717) is 29.0 Å². The van der Waals surface area contributed by atoms with Gasteiger partial charge in [0.1, 0.15) is 0 Å². The van der Waals surface area contributed by atoms with Crippen molar-refractivity contribution in [3.63, 3.8) is 0 Å². The Morgan fingerprint density at radius 3 is 2.06 bits per heavy atom. The summed E-state index contributed by atoms with van der Waals surface area (Å²) in [4.78, 5) is 2.69. The molecule has 3 atom stereocenters. The number of nitrogens with zero attached hydrogens (tertiary/aromatic N) is 1. The summed E-state index contributed by atoms with van der Waals surface area (Å²) in [5.74, 6) is 0. The monoisotopic (exact) mass is 240 g/mol. The molecule has 102 valence electrons. The standard InChI is InChI=1S/C15H32N2/c1-11-9-16-13(15(6,7)8)10-17(11)12(2)14(3,4)5/h11-13,16H,9-10H2,1-8H3. The zero-order chi connectivity index (χ0) is 13.4. The third-order valence-corrected chi connectivity index (χ3v) is 4.42. The molecule has 1 saturated heterocycles. The van der Waals surface area contributed by atoms with Crippen molar-refractivity contribution in [1.29, 1.82) is 0 Å². The highest BCUT2D eigenvalue weighted by molar-refractivity contribution is 4.94. The van der Waals surface area contributed by atoms with Crippen molar-refractivity contribution >= 4 is 0 Å². The molecule has 1 fully saturated rings. The molecule has 3 unspecified atom stereocenters. The molecular formula is C15H32N2. The molecule has 1 N–H and O–H groups in total. The molecule has 0 aliphatic carbocycles. The second-order valence-electron chi connectivity index (χ2n) is 7.91. The largest absolute Gasteiger partial charge is 0.311 e. The molecule has 0 spiro atoms. The normalized spacial score (nSPS) is 30.4. The maximum Gasteiger partial charge on any atom is 0.0244 e. The summed E-state index contributed by atoms with van der Waals surface area (Å²) in [7, 11) is 0. The third kappa shape index (κ3) is 3.69. The van der Waals surface area contributed by atoms with Crippen molar-refractivity contribution in [1.82, 2.24) is 10.2 Å². The molecule has 17 heavy (non-hydrogen) atoms. The summed E-state index contributed by atoms with van der Waals surface area (Å²) >= 11 is 0. The van der Waals surface area contributed by atoms with Crippen LogP contribution in [-0.2, 0) is 0 Å². The van der Waals surface area contributed by atoms with Crippen LogP contribution in [0.15, 0.2) is 0 Å². The molecule has 0 aromatic carbocycles. The molecule has 0 saturated carbocycles. The highest BCUT2D eigenvalue weighted by Gasteiger charge is 2.37. The molecule has 0 bridgehead atoms. The number of rotatable bonds is 1. The van der Waals surface area contributed by atoms with Crippen molar-refractivity contribution < 1.29 is 0 Å². The Labute approximate surface area is 108 Å². The third-order valence-electron chi connectivity index (χ3n) is 4.42. The number of piperazine rings is 1. The van der Waals surface area contributed by atoms with Crippen LogP contribution in [0.5, 0.6) is 0 Å². The first-order chi connectivity index (χ1) is 7.53. The molecule has 2 heteroatoms. The van der Waals surface area contributed by atoms with Gasteiger partial charge in [0, 0.05) is 31.2 Å². The predicted octanol–water partition coefficient (Wildman–Crippen LogP) is 3.13. The van der Waals surface area contributed by atoms with E-state index in [1.807, 2.05) is 0 Å². The van der Waals surface area contributed by atoms with Crippen LogP contribution in [0.1, 0.15) is 55.4 Å². The van der Waals surface area contributed by atoms with Gasteiger partial charge < -0.3 is 5.32 Å². The lowest BCUT2D eigenvalue weighted by Gasteiger charge is -2.49. The van der Waals surface area contributed by atoms with Crippen LogP contribution in [-0.4, -0.2) is 36.1 Å². The number of nitrogens with one attached hydrogen (secondary N) is 1. The fourth-order valence-corrected chi connectivity index (χ4v) is 2.50. The predicted molar refractivity (Wildman–Crippen MR) is 76.3 cm³/mol. The Bertz CT molecular complexity index is 247. The molecule has 1 heterocycles. The average molecular weight is 240 g/mol. The van der Waals surface area contributed by atoms with E-state index in [1.54, 1.807) is 0 Å². The minimum absolute atomic E-state index is 0.343. The molecule has 0 amide bonds. The Balaban J connectivity index is 2.77. The zero-order valence-corrected chi connectivity index (χ0v) is 13.1. The van der Waals surface area contributed by atoms with Crippen LogP contribution in [0.2, 0.25) is 0 Å². The highest BCUT2D eigenvalue weighted by atomic mass is 15.3. The maximum atomic E-state index is 3.70. The Morgan fingerprint density at radius 1 is 1.12 bits per heavy atom. The first kappa shape index (κ1) is 15.0. The second kappa shape index (κ2) is 4.89. The van der Waals surface area contributed by atoms with Gasteiger partial charge in [0.15, 0.2) is 0 Å². The fraction of sp³-hybridized carbons (Fsp3) is 1.00. The average Bonchev–Trinajstić information content (AvgIpc) is 2.14. The lowest BCUT2D eigenvalue weighted by Crippen LogP contribution is -2.63. The van der Waals surface area contributed by atoms with E-state index in [0.717, 1.165) is 6.54 Å². The minimum Gasteiger partial charge on any atom is -0.311 e. The van der Waals surface area contributed by atoms with Crippen LogP contribution >= 0.6 is 0 Å². The van der Waals surface area contributed by atoms with Gasteiger partial charge in [-0.3, -0.25) is 4.90 Å². The van der Waals surface area contributed by atoms with Crippen molar-refractivity contribution in [2.24, 2.45) is 10.8 Å². The van der Waals surface area contributed by atoms with Gasteiger partial charge in [-0.25, -0.2) is 0 Å². The highest BCUT2D eigenvalue weighted by Crippen LogP contribution is 2.30. The molecule has 1 rings (SSSR count). The molecule has 1 aliphatic rings. The smallest absolute Gasteiger partial charge is 0.0244 e. The van der Waals surface area contributed by atoms with Crippen LogP contribution in [0.4, 0.5) is 0 Å². The van der Waals surface area contributed by atoms with Gasteiger partial charge in [0.2, 0.25) is 0 Å². The lowest BCUT2D eigenvalue weighted by molar-refractivity contribution is 0.0210. The molecule has 1 aliphatic heterocycles. The van der Waals surface area contributed by atoms with E-state index < -0.39 is 0 Å². The molecule has 2 nitrogen and oxygen atoms in total. The van der Waals surface area contributed by atoms with E-state index in [1.165, 1.54) is 6.54 Å². The van der Waals surface area contributed by atoms with Crippen molar-refractivity contribution in [2.75, 3.05) is 13.1 Å². The van der Waals surface area contributed by atoms with Crippen molar-refractivity contribution in [3.05, 3.63) is 0 Å². The summed E-state index contributed by atoms with van der Waals surface area (Å²) in [6.07, 6.45) is 0. The Kier molecular flexibility index (Phi) is 4.31. The van der Waals surface area contributed by atoms with Crippen molar-refractivity contribution in [2.45, 2.75) is 73.5 Å². The van der Waals surface area contributed by atoms with E-state index in [9.17, 15) is 0 Å². The van der Waals surface area contributed by atoms with Gasteiger partial charge in [-0.2, -0.15) is 0 Å². The number of hydrogen-bond donors (Lipinski definition) is 1. The molecule has 0 radical (unpaired) electrons. The summed E-state index contributed by atoms with van der Waals surface area (Å²) in [5, 5.41) is 3.70. The van der Waals surface area contributed by atoms with Gasteiger partial charge in [0.25, 0.3) is 0 Å². The SMILES string of the molecule is CC1CNC(C(C)(C)C)CN1C(C)C(C)(C)C. The minimum atomic E-state index is 0.343. The van der Waals surface area contributed by atoms with E-state index >= 15 is 0 Å². The van der Waals surface area contributed by atoms with Crippen LogP contribution in [0.3, 0.4) is 0 Å². The second-order valence-corrected chi connectivity index (χ2v) is 7.91. The summed E-state index contributed by atoms with van der Waals surface area (Å²) in [6.45, 7) is 21.0. The zero-order valence-electron chi connectivity index (χ0n) is 13.1. The van der Waals surface area contributed by atoms with E-state index in [-0.39, 0.29) is 0 Å². The summed E-state index contributed by atoms with van der Waals surface area (Å²) < 4.78 is 0. The summed E-state index contributed by atoms with van der Waals surface area (Å²) in [6, 6.07) is 1.87. The van der Waals surface area contributed by atoms with Gasteiger partial charge in [-0.15, -0.1) is 0 Å². The lowest BCUT2D eigenvalue weighted by atomic mass is 9.81. The van der Waals surface area contributed by atoms with Gasteiger partial charge in [0.05, 0.1) is 0 Å². The van der Waals surface area contributed by atoms with Crippen molar-refractivity contribution in [3.8, 4) is 0 Å². The van der Waals surface area contributed by atoms with E-state index in [4.69, 9.17) is 0 Å². The van der Waals surface area contributed by atoms with E-state index in [2.05, 4.69) is 65.6 Å². The Morgan fingerprint density at radius 2 is 1.65 bits per heavy atom. The molecule has 0 aromatic heterocycles. The maximum absolute atomic E-state index is 3.70. The Hall–Kier alpha value is -0.0800. The van der Waals surface area contributed by atoms with Crippen LogP contribution in [0, 0.1) is 10.8 Å².